The first-order chi connectivity index (χ1) is 8.65. The van der Waals surface area contributed by atoms with Gasteiger partial charge in [0.05, 0.1) is 7.11 Å². The van der Waals surface area contributed by atoms with Gasteiger partial charge in [-0.1, -0.05) is 6.07 Å². The SMILES string of the molecule is COc1ccc(-c2ccc(F)cc2F)c(CN)c1. The number of methoxy groups -OCH3 is 1. The molecule has 0 fully saturated rings. The zero-order valence-electron chi connectivity index (χ0n) is 9.91. The molecule has 0 atom stereocenters. The quantitative estimate of drug-likeness (QED) is 0.907. The lowest BCUT2D eigenvalue weighted by Gasteiger charge is -2.11. The van der Waals surface area contributed by atoms with Crippen molar-refractivity contribution >= 4 is 0 Å². The van der Waals surface area contributed by atoms with Gasteiger partial charge in [-0.2, -0.15) is 0 Å². The summed E-state index contributed by atoms with van der Waals surface area (Å²) >= 11 is 0. The number of halogens is 2. The van der Waals surface area contributed by atoms with E-state index in [9.17, 15) is 8.78 Å². The number of hydrogen-bond acceptors (Lipinski definition) is 2. The van der Waals surface area contributed by atoms with Gasteiger partial charge in [-0.3, -0.25) is 0 Å². The first-order valence-corrected chi connectivity index (χ1v) is 5.48. The minimum Gasteiger partial charge on any atom is -0.497 e. The van der Waals surface area contributed by atoms with E-state index in [4.69, 9.17) is 10.5 Å². The van der Waals surface area contributed by atoms with Gasteiger partial charge in [-0.15, -0.1) is 0 Å². The summed E-state index contributed by atoms with van der Waals surface area (Å²) in [5.74, 6) is -0.546. The lowest BCUT2D eigenvalue weighted by molar-refractivity contribution is 0.414. The van der Waals surface area contributed by atoms with Crippen LogP contribution in [0.15, 0.2) is 36.4 Å². The van der Waals surface area contributed by atoms with Crippen molar-refractivity contribution in [2.75, 3.05) is 7.11 Å². The molecule has 0 spiro atoms. The summed E-state index contributed by atoms with van der Waals surface area (Å²) in [6.07, 6.45) is 0. The smallest absolute Gasteiger partial charge is 0.133 e. The molecule has 0 bridgehead atoms. The summed E-state index contributed by atoms with van der Waals surface area (Å²) in [4.78, 5) is 0. The summed E-state index contributed by atoms with van der Waals surface area (Å²) in [6, 6.07) is 8.68. The van der Waals surface area contributed by atoms with Crippen molar-refractivity contribution in [3.05, 3.63) is 53.6 Å². The molecule has 0 aliphatic rings. The standard InChI is InChI=1S/C14H13F2NO/c1-18-11-3-5-12(9(6-11)8-17)13-4-2-10(15)7-14(13)16/h2-7H,8,17H2,1H3. The molecule has 2 aromatic rings. The fourth-order valence-corrected chi connectivity index (χ4v) is 1.84. The highest BCUT2D eigenvalue weighted by Crippen LogP contribution is 2.29. The van der Waals surface area contributed by atoms with E-state index in [0.29, 0.717) is 16.9 Å². The van der Waals surface area contributed by atoms with Crippen LogP contribution in [0.2, 0.25) is 0 Å². The van der Waals surface area contributed by atoms with Crippen LogP contribution in [0.1, 0.15) is 5.56 Å². The minimum absolute atomic E-state index is 0.253. The molecular formula is C14H13F2NO. The van der Waals surface area contributed by atoms with Crippen LogP contribution in [0.5, 0.6) is 5.75 Å². The normalized spacial score (nSPS) is 10.4. The average molecular weight is 249 g/mol. The molecule has 0 saturated carbocycles. The largest absolute Gasteiger partial charge is 0.497 e. The molecule has 0 radical (unpaired) electrons. The highest BCUT2D eigenvalue weighted by Gasteiger charge is 2.10. The Morgan fingerprint density at radius 3 is 2.39 bits per heavy atom. The fourth-order valence-electron chi connectivity index (χ4n) is 1.84. The Kier molecular flexibility index (Phi) is 3.58. The van der Waals surface area contributed by atoms with Crippen LogP contribution in [0, 0.1) is 11.6 Å². The number of hydrogen-bond donors (Lipinski definition) is 1. The monoisotopic (exact) mass is 249 g/mol. The third-order valence-electron chi connectivity index (χ3n) is 2.75. The van der Waals surface area contributed by atoms with Gasteiger partial charge in [0.1, 0.15) is 17.4 Å². The summed E-state index contributed by atoms with van der Waals surface area (Å²) in [5, 5.41) is 0. The first kappa shape index (κ1) is 12.5. The van der Waals surface area contributed by atoms with E-state index in [-0.39, 0.29) is 6.54 Å². The third-order valence-corrected chi connectivity index (χ3v) is 2.75. The van der Waals surface area contributed by atoms with Crippen molar-refractivity contribution in [2.45, 2.75) is 6.54 Å². The predicted molar refractivity (Wildman–Crippen MR) is 66.2 cm³/mol. The van der Waals surface area contributed by atoms with E-state index >= 15 is 0 Å². The number of benzene rings is 2. The number of rotatable bonds is 3. The van der Waals surface area contributed by atoms with Crippen LogP contribution in [0.25, 0.3) is 11.1 Å². The predicted octanol–water partition coefficient (Wildman–Crippen LogP) is 3.10. The lowest BCUT2D eigenvalue weighted by Crippen LogP contribution is -2.01. The first-order valence-electron chi connectivity index (χ1n) is 5.48. The van der Waals surface area contributed by atoms with Crippen molar-refractivity contribution in [1.82, 2.24) is 0 Å². The fraction of sp³-hybridized carbons (Fsp3) is 0.143. The molecule has 94 valence electrons. The lowest BCUT2D eigenvalue weighted by atomic mass is 9.99. The Hall–Kier alpha value is -1.94. The molecule has 4 heteroatoms. The van der Waals surface area contributed by atoms with Crippen molar-refractivity contribution in [2.24, 2.45) is 5.73 Å². The van der Waals surface area contributed by atoms with Gasteiger partial charge in [-0.25, -0.2) is 8.78 Å². The molecule has 0 heterocycles. The van der Waals surface area contributed by atoms with Gasteiger partial charge in [0, 0.05) is 18.2 Å². The van der Waals surface area contributed by atoms with Crippen molar-refractivity contribution in [1.29, 1.82) is 0 Å². The van der Waals surface area contributed by atoms with Gasteiger partial charge in [0.25, 0.3) is 0 Å². The van der Waals surface area contributed by atoms with Gasteiger partial charge in [0.2, 0.25) is 0 Å². The Labute approximate surface area is 104 Å². The maximum absolute atomic E-state index is 13.7. The number of ether oxygens (including phenoxy) is 1. The van der Waals surface area contributed by atoms with Crippen LogP contribution < -0.4 is 10.5 Å². The zero-order chi connectivity index (χ0) is 13.1. The van der Waals surface area contributed by atoms with E-state index in [1.807, 2.05) is 0 Å². The Balaban J connectivity index is 2.56. The van der Waals surface area contributed by atoms with Gasteiger partial charge in [0.15, 0.2) is 0 Å². The summed E-state index contributed by atoms with van der Waals surface area (Å²) in [6.45, 7) is 0.253. The second kappa shape index (κ2) is 5.14. The highest BCUT2D eigenvalue weighted by molar-refractivity contribution is 5.69. The molecular weight excluding hydrogens is 236 g/mol. The van der Waals surface area contributed by atoms with Gasteiger partial charge >= 0.3 is 0 Å². The van der Waals surface area contributed by atoms with E-state index < -0.39 is 11.6 Å². The Morgan fingerprint density at radius 1 is 1.06 bits per heavy atom. The van der Waals surface area contributed by atoms with Crippen molar-refractivity contribution in [3.63, 3.8) is 0 Å². The van der Waals surface area contributed by atoms with E-state index in [2.05, 4.69) is 0 Å². The van der Waals surface area contributed by atoms with Crippen molar-refractivity contribution in [3.8, 4) is 16.9 Å². The van der Waals surface area contributed by atoms with Crippen LogP contribution in [-0.2, 0) is 6.54 Å². The van der Waals surface area contributed by atoms with E-state index in [1.165, 1.54) is 12.1 Å². The Bertz CT molecular complexity index is 570. The van der Waals surface area contributed by atoms with E-state index in [1.54, 1.807) is 25.3 Å². The molecule has 0 aromatic heterocycles. The van der Waals surface area contributed by atoms with Crippen LogP contribution in [0.3, 0.4) is 0 Å². The second-order valence-electron chi connectivity index (χ2n) is 3.85. The van der Waals surface area contributed by atoms with Crippen LogP contribution in [0.4, 0.5) is 8.78 Å². The molecule has 18 heavy (non-hydrogen) atoms. The van der Waals surface area contributed by atoms with Gasteiger partial charge in [-0.05, 0) is 35.4 Å². The maximum atomic E-state index is 13.7. The molecule has 0 aliphatic carbocycles. The molecule has 0 aliphatic heterocycles. The second-order valence-corrected chi connectivity index (χ2v) is 3.85. The van der Waals surface area contributed by atoms with Crippen LogP contribution in [-0.4, -0.2) is 7.11 Å². The van der Waals surface area contributed by atoms with E-state index in [0.717, 1.165) is 11.6 Å². The molecule has 0 saturated heterocycles. The Morgan fingerprint density at radius 2 is 1.78 bits per heavy atom. The molecule has 2 N–H and O–H groups in total. The summed E-state index contributed by atoms with van der Waals surface area (Å²) < 4.78 is 31.7. The van der Waals surface area contributed by atoms with Crippen LogP contribution >= 0.6 is 0 Å². The summed E-state index contributed by atoms with van der Waals surface area (Å²) in [7, 11) is 1.55. The molecule has 2 aromatic carbocycles. The highest BCUT2D eigenvalue weighted by atomic mass is 19.1. The molecule has 2 nitrogen and oxygen atoms in total. The average Bonchev–Trinajstić information content (AvgIpc) is 2.38. The molecule has 0 unspecified atom stereocenters. The molecule has 0 amide bonds. The minimum atomic E-state index is -0.602. The molecule has 2 rings (SSSR count). The zero-order valence-corrected chi connectivity index (χ0v) is 9.91. The van der Waals surface area contributed by atoms with Crippen molar-refractivity contribution < 1.29 is 13.5 Å². The maximum Gasteiger partial charge on any atom is 0.133 e. The topological polar surface area (TPSA) is 35.2 Å². The summed E-state index contributed by atoms with van der Waals surface area (Å²) in [5.41, 5.74) is 7.37. The third kappa shape index (κ3) is 2.33. The number of nitrogens with two attached hydrogens (primary N) is 1. The van der Waals surface area contributed by atoms with Gasteiger partial charge < -0.3 is 10.5 Å².